The van der Waals surface area contributed by atoms with E-state index in [1.54, 1.807) is 23.7 Å². The first-order valence-electron chi connectivity index (χ1n) is 6.96. The largest absolute Gasteiger partial charge is 0.462 e. The fraction of sp³-hybridized carbons (Fsp3) is 0.312. The molecule has 6 heteroatoms. The number of aromatic nitrogens is 2. The number of carbonyl (C=O) groups excluding carboxylic acids is 1. The molecule has 1 heterocycles. The molecule has 0 fully saturated rings. The van der Waals surface area contributed by atoms with Crippen LogP contribution in [0.1, 0.15) is 41.5 Å². The predicted molar refractivity (Wildman–Crippen MR) is 77.7 cm³/mol. The van der Waals surface area contributed by atoms with Gasteiger partial charge in [-0.25, -0.2) is 9.18 Å². The Morgan fingerprint density at radius 3 is 2.73 bits per heavy atom. The second kappa shape index (κ2) is 6.85. The van der Waals surface area contributed by atoms with Crippen molar-refractivity contribution in [2.75, 3.05) is 6.61 Å². The summed E-state index contributed by atoms with van der Waals surface area (Å²) in [4.78, 5) is 11.8. The van der Waals surface area contributed by atoms with E-state index in [9.17, 15) is 9.18 Å². The summed E-state index contributed by atoms with van der Waals surface area (Å²) in [5.74, 6) is -0.842. The molecule has 0 aliphatic carbocycles. The van der Waals surface area contributed by atoms with Crippen molar-refractivity contribution >= 4 is 5.97 Å². The standard InChI is InChI=1S/C16H16FN3O2/c1-3-22-16(21)14-10-20(19-15(14)9-18)11(2)8-12-4-6-13(17)7-5-12/h4-7,10-11H,3,8H2,1-2H3. The van der Waals surface area contributed by atoms with Gasteiger partial charge in [0.05, 0.1) is 12.6 Å². The Morgan fingerprint density at radius 2 is 2.14 bits per heavy atom. The molecule has 0 aliphatic rings. The number of rotatable bonds is 5. The lowest BCUT2D eigenvalue weighted by atomic mass is 10.1. The highest BCUT2D eigenvalue weighted by molar-refractivity contribution is 5.91. The Balaban J connectivity index is 2.19. The molecule has 0 saturated carbocycles. The van der Waals surface area contributed by atoms with Crippen LogP contribution in [0, 0.1) is 17.1 Å². The van der Waals surface area contributed by atoms with Crippen molar-refractivity contribution in [2.45, 2.75) is 26.3 Å². The summed E-state index contributed by atoms with van der Waals surface area (Å²) in [6.07, 6.45) is 2.12. The molecule has 0 radical (unpaired) electrons. The van der Waals surface area contributed by atoms with Crippen molar-refractivity contribution in [3.05, 3.63) is 53.1 Å². The third kappa shape index (κ3) is 3.50. The molecule has 1 aromatic carbocycles. The van der Waals surface area contributed by atoms with Crippen LogP contribution in [-0.4, -0.2) is 22.4 Å². The van der Waals surface area contributed by atoms with Crippen LogP contribution in [0.3, 0.4) is 0 Å². The fourth-order valence-corrected chi connectivity index (χ4v) is 2.11. The van der Waals surface area contributed by atoms with Crippen LogP contribution >= 0.6 is 0 Å². The van der Waals surface area contributed by atoms with E-state index in [-0.39, 0.29) is 29.7 Å². The third-order valence-electron chi connectivity index (χ3n) is 3.23. The van der Waals surface area contributed by atoms with Gasteiger partial charge in [0.1, 0.15) is 17.4 Å². The summed E-state index contributed by atoms with van der Waals surface area (Å²) >= 11 is 0. The van der Waals surface area contributed by atoms with Gasteiger partial charge in [0.25, 0.3) is 0 Å². The average molecular weight is 301 g/mol. The highest BCUT2D eigenvalue weighted by Crippen LogP contribution is 2.17. The maximum absolute atomic E-state index is 12.9. The number of benzene rings is 1. The molecule has 0 amide bonds. The van der Waals surface area contributed by atoms with Gasteiger partial charge in [-0.2, -0.15) is 10.4 Å². The summed E-state index contributed by atoms with van der Waals surface area (Å²) in [5.41, 5.74) is 1.15. The number of carbonyl (C=O) groups is 1. The minimum Gasteiger partial charge on any atom is -0.462 e. The molecule has 2 rings (SSSR count). The molecule has 0 spiro atoms. The van der Waals surface area contributed by atoms with Crippen molar-refractivity contribution in [2.24, 2.45) is 0 Å². The van der Waals surface area contributed by atoms with Gasteiger partial charge in [-0.05, 0) is 38.0 Å². The van der Waals surface area contributed by atoms with Crippen LogP contribution in [0.25, 0.3) is 0 Å². The highest BCUT2D eigenvalue weighted by atomic mass is 19.1. The third-order valence-corrected chi connectivity index (χ3v) is 3.23. The molecule has 22 heavy (non-hydrogen) atoms. The summed E-state index contributed by atoms with van der Waals surface area (Å²) in [6.45, 7) is 3.85. The van der Waals surface area contributed by atoms with E-state index < -0.39 is 5.97 Å². The Morgan fingerprint density at radius 1 is 1.45 bits per heavy atom. The Kier molecular flexibility index (Phi) is 4.89. The lowest BCUT2D eigenvalue weighted by molar-refractivity contribution is 0.0526. The number of nitriles is 1. The smallest absolute Gasteiger partial charge is 0.342 e. The molecular weight excluding hydrogens is 285 g/mol. The summed E-state index contributed by atoms with van der Waals surface area (Å²) in [6, 6.07) is 8.02. The van der Waals surface area contributed by atoms with Crippen molar-refractivity contribution in [3.8, 4) is 6.07 Å². The van der Waals surface area contributed by atoms with Gasteiger partial charge in [0, 0.05) is 6.20 Å². The maximum Gasteiger partial charge on any atom is 0.342 e. The van der Waals surface area contributed by atoms with Crippen LogP contribution in [0.15, 0.2) is 30.5 Å². The zero-order valence-electron chi connectivity index (χ0n) is 12.4. The molecule has 114 valence electrons. The second-order valence-electron chi connectivity index (χ2n) is 4.88. The van der Waals surface area contributed by atoms with Gasteiger partial charge in [-0.1, -0.05) is 12.1 Å². The predicted octanol–water partition coefficient (Wildman–Crippen LogP) is 2.87. The average Bonchev–Trinajstić information content (AvgIpc) is 2.94. The van der Waals surface area contributed by atoms with Gasteiger partial charge in [0.2, 0.25) is 0 Å². The number of hydrogen-bond acceptors (Lipinski definition) is 4. The van der Waals surface area contributed by atoms with Gasteiger partial charge >= 0.3 is 5.97 Å². The monoisotopic (exact) mass is 301 g/mol. The van der Waals surface area contributed by atoms with E-state index in [0.717, 1.165) is 5.56 Å². The molecule has 0 aliphatic heterocycles. The van der Waals surface area contributed by atoms with Crippen LogP contribution in [0.5, 0.6) is 0 Å². The first-order chi connectivity index (χ1) is 10.5. The van der Waals surface area contributed by atoms with Crippen molar-refractivity contribution < 1.29 is 13.9 Å². The van der Waals surface area contributed by atoms with Crippen molar-refractivity contribution in [3.63, 3.8) is 0 Å². The van der Waals surface area contributed by atoms with E-state index in [1.807, 2.05) is 13.0 Å². The quantitative estimate of drug-likeness (QED) is 0.796. The minimum atomic E-state index is -0.556. The summed E-state index contributed by atoms with van der Waals surface area (Å²) in [5, 5.41) is 13.2. The topological polar surface area (TPSA) is 67.9 Å². The van der Waals surface area contributed by atoms with Crippen LogP contribution < -0.4 is 0 Å². The van der Waals surface area contributed by atoms with E-state index >= 15 is 0 Å². The van der Waals surface area contributed by atoms with Crippen LogP contribution in [-0.2, 0) is 11.2 Å². The number of halogens is 1. The molecule has 0 bridgehead atoms. The highest BCUT2D eigenvalue weighted by Gasteiger charge is 2.19. The molecule has 1 aromatic heterocycles. The van der Waals surface area contributed by atoms with E-state index in [4.69, 9.17) is 10.00 Å². The zero-order valence-corrected chi connectivity index (χ0v) is 12.4. The van der Waals surface area contributed by atoms with Crippen LogP contribution in [0.4, 0.5) is 4.39 Å². The fourth-order valence-electron chi connectivity index (χ4n) is 2.11. The Bertz CT molecular complexity index is 701. The first kappa shape index (κ1) is 15.7. The summed E-state index contributed by atoms with van der Waals surface area (Å²) < 4.78 is 19.4. The van der Waals surface area contributed by atoms with Gasteiger partial charge < -0.3 is 4.74 Å². The van der Waals surface area contributed by atoms with Crippen molar-refractivity contribution in [1.82, 2.24) is 9.78 Å². The molecule has 0 saturated heterocycles. The van der Waals surface area contributed by atoms with E-state index in [1.165, 1.54) is 18.3 Å². The molecule has 1 atom stereocenters. The number of esters is 1. The molecule has 1 unspecified atom stereocenters. The molecule has 0 N–H and O–H groups in total. The second-order valence-corrected chi connectivity index (χ2v) is 4.88. The first-order valence-corrected chi connectivity index (χ1v) is 6.96. The lowest BCUT2D eigenvalue weighted by Crippen LogP contribution is -2.09. The summed E-state index contributed by atoms with van der Waals surface area (Å²) in [7, 11) is 0. The van der Waals surface area contributed by atoms with E-state index in [2.05, 4.69) is 5.10 Å². The number of ether oxygens (including phenoxy) is 1. The normalized spacial score (nSPS) is 11.7. The lowest BCUT2D eigenvalue weighted by Gasteiger charge is -2.12. The molecular formula is C16H16FN3O2. The van der Waals surface area contributed by atoms with Crippen LogP contribution in [0.2, 0.25) is 0 Å². The van der Waals surface area contributed by atoms with Crippen molar-refractivity contribution in [1.29, 1.82) is 5.26 Å². The maximum atomic E-state index is 12.9. The number of hydrogen-bond donors (Lipinski definition) is 0. The minimum absolute atomic E-state index is 0.0457. The molecule has 2 aromatic rings. The SMILES string of the molecule is CCOC(=O)c1cn(C(C)Cc2ccc(F)cc2)nc1C#N. The van der Waals surface area contributed by atoms with Gasteiger partial charge in [-0.3, -0.25) is 4.68 Å². The number of nitrogens with zero attached hydrogens (tertiary/aromatic N) is 3. The van der Waals surface area contributed by atoms with E-state index in [0.29, 0.717) is 6.42 Å². The Labute approximate surface area is 127 Å². The Hall–Kier alpha value is -2.68. The zero-order chi connectivity index (χ0) is 16.1. The molecule has 5 nitrogen and oxygen atoms in total. The van der Waals surface area contributed by atoms with Gasteiger partial charge in [-0.15, -0.1) is 0 Å². The van der Waals surface area contributed by atoms with Gasteiger partial charge in [0.15, 0.2) is 5.69 Å².